The molecule has 2 aromatic heterocycles. The van der Waals surface area contributed by atoms with Gasteiger partial charge in [-0.05, 0) is 26.3 Å². The van der Waals surface area contributed by atoms with Crippen LogP contribution in [0.15, 0.2) is 18.5 Å². The summed E-state index contributed by atoms with van der Waals surface area (Å²) >= 11 is 0. The number of hydrogen-bond acceptors (Lipinski definition) is 5. The van der Waals surface area contributed by atoms with Crippen LogP contribution in [0.3, 0.4) is 0 Å². The second kappa shape index (κ2) is 6.83. The Balaban J connectivity index is 1.91. The van der Waals surface area contributed by atoms with Gasteiger partial charge in [-0.25, -0.2) is 0 Å². The highest BCUT2D eigenvalue weighted by atomic mass is 16.6. The molecular weight excluding hydrogens is 288 g/mol. The lowest BCUT2D eigenvalue weighted by Gasteiger charge is -2.05. The summed E-state index contributed by atoms with van der Waals surface area (Å²) in [7, 11) is 0. The van der Waals surface area contributed by atoms with E-state index < -0.39 is 10.8 Å². The minimum atomic E-state index is -0.596. The molecule has 1 N–H and O–H groups in total. The minimum Gasteiger partial charge on any atom is -0.350 e. The number of hydrogen-bond donors (Lipinski definition) is 1. The smallest absolute Gasteiger partial charge is 0.320 e. The molecule has 0 saturated carbocycles. The van der Waals surface area contributed by atoms with E-state index >= 15 is 0 Å². The van der Waals surface area contributed by atoms with Gasteiger partial charge >= 0.3 is 5.69 Å². The van der Waals surface area contributed by atoms with E-state index in [2.05, 4.69) is 15.5 Å². The van der Waals surface area contributed by atoms with Crippen molar-refractivity contribution < 1.29 is 9.72 Å². The Bertz CT molecular complexity index is 675. The Hall–Kier alpha value is -2.71. The maximum absolute atomic E-state index is 12.0. The molecule has 0 aromatic carbocycles. The highest BCUT2D eigenvalue weighted by Crippen LogP contribution is 2.16. The second-order valence-corrected chi connectivity index (χ2v) is 4.78. The summed E-state index contributed by atoms with van der Waals surface area (Å²) in [6, 6.07) is 1.90. The first-order chi connectivity index (χ1) is 10.5. The molecule has 0 aliphatic rings. The number of nitrogens with zero attached hydrogens (tertiary/aromatic N) is 5. The monoisotopic (exact) mass is 306 g/mol. The van der Waals surface area contributed by atoms with Crippen molar-refractivity contribution in [1.29, 1.82) is 0 Å². The van der Waals surface area contributed by atoms with E-state index in [1.165, 1.54) is 10.9 Å². The van der Waals surface area contributed by atoms with Crippen molar-refractivity contribution in [1.82, 2.24) is 24.9 Å². The van der Waals surface area contributed by atoms with Crippen LogP contribution in [0.4, 0.5) is 5.69 Å². The Morgan fingerprint density at radius 1 is 1.50 bits per heavy atom. The Morgan fingerprint density at radius 3 is 2.86 bits per heavy atom. The number of carbonyl (C=O) groups is 1. The third kappa shape index (κ3) is 3.48. The predicted molar refractivity (Wildman–Crippen MR) is 78.5 cm³/mol. The fraction of sp³-hybridized carbons (Fsp3) is 0.462. The minimum absolute atomic E-state index is 0.151. The van der Waals surface area contributed by atoms with Gasteiger partial charge < -0.3 is 5.32 Å². The van der Waals surface area contributed by atoms with Gasteiger partial charge in [-0.1, -0.05) is 0 Å². The molecule has 0 unspecified atom stereocenters. The number of carbonyl (C=O) groups excluding carboxylic acids is 1. The van der Waals surface area contributed by atoms with E-state index in [9.17, 15) is 14.9 Å². The standard InChI is InChI=1S/C13H18N6O3/c1-3-17-9-11(19(21)22)12(16-17)13(20)14-6-4-8-18-10(2)5-7-15-18/h5,7,9H,3-4,6,8H2,1-2H3,(H,14,20). The van der Waals surface area contributed by atoms with Crippen molar-refractivity contribution >= 4 is 11.6 Å². The van der Waals surface area contributed by atoms with Crippen LogP contribution in [-0.4, -0.2) is 36.9 Å². The summed E-state index contributed by atoms with van der Waals surface area (Å²) in [4.78, 5) is 22.4. The SMILES string of the molecule is CCn1cc([N+](=O)[O-])c(C(=O)NCCCn2nccc2C)n1. The second-order valence-electron chi connectivity index (χ2n) is 4.78. The van der Waals surface area contributed by atoms with E-state index in [0.29, 0.717) is 26.1 Å². The average molecular weight is 306 g/mol. The zero-order chi connectivity index (χ0) is 16.1. The zero-order valence-corrected chi connectivity index (χ0v) is 12.5. The van der Waals surface area contributed by atoms with Crippen molar-refractivity contribution in [3.05, 3.63) is 40.0 Å². The molecule has 118 valence electrons. The highest BCUT2D eigenvalue weighted by Gasteiger charge is 2.24. The first-order valence-corrected chi connectivity index (χ1v) is 7.01. The van der Waals surface area contributed by atoms with Crippen molar-refractivity contribution in [2.24, 2.45) is 0 Å². The zero-order valence-electron chi connectivity index (χ0n) is 12.5. The third-order valence-electron chi connectivity index (χ3n) is 3.24. The normalized spacial score (nSPS) is 10.6. The van der Waals surface area contributed by atoms with Crippen LogP contribution in [0.25, 0.3) is 0 Å². The summed E-state index contributed by atoms with van der Waals surface area (Å²) in [5.41, 5.74) is 0.619. The molecule has 22 heavy (non-hydrogen) atoms. The molecule has 0 fully saturated rings. The Morgan fingerprint density at radius 2 is 2.27 bits per heavy atom. The van der Waals surface area contributed by atoms with Crippen molar-refractivity contribution in [3.8, 4) is 0 Å². The molecule has 0 radical (unpaired) electrons. The fourth-order valence-corrected chi connectivity index (χ4v) is 2.02. The number of aryl methyl sites for hydroxylation is 3. The Labute approximate surface area is 127 Å². The van der Waals surface area contributed by atoms with E-state index in [-0.39, 0.29) is 11.4 Å². The predicted octanol–water partition coefficient (Wildman–Crippen LogP) is 1.14. The van der Waals surface area contributed by atoms with Gasteiger partial charge in [0.05, 0.1) is 4.92 Å². The van der Waals surface area contributed by atoms with Gasteiger partial charge in [0, 0.05) is 31.5 Å². The van der Waals surface area contributed by atoms with Crippen LogP contribution in [0.5, 0.6) is 0 Å². The fourth-order valence-electron chi connectivity index (χ4n) is 2.02. The van der Waals surface area contributed by atoms with E-state index in [1.807, 2.05) is 17.7 Å². The molecule has 9 heteroatoms. The van der Waals surface area contributed by atoms with E-state index in [4.69, 9.17) is 0 Å². The number of nitrogens with one attached hydrogen (secondary N) is 1. The van der Waals surface area contributed by atoms with Gasteiger partial charge in [0.1, 0.15) is 6.20 Å². The quantitative estimate of drug-likeness (QED) is 0.469. The largest absolute Gasteiger partial charge is 0.350 e. The van der Waals surface area contributed by atoms with Crippen LogP contribution in [0, 0.1) is 17.0 Å². The molecule has 1 amide bonds. The lowest BCUT2D eigenvalue weighted by atomic mass is 10.3. The van der Waals surface area contributed by atoms with Crippen molar-refractivity contribution in [3.63, 3.8) is 0 Å². The molecule has 2 heterocycles. The molecule has 0 bridgehead atoms. The van der Waals surface area contributed by atoms with Gasteiger partial charge in [0.25, 0.3) is 5.91 Å². The summed E-state index contributed by atoms with van der Waals surface area (Å²) in [6.07, 6.45) is 3.66. The van der Waals surface area contributed by atoms with E-state index in [0.717, 1.165) is 5.69 Å². The lowest BCUT2D eigenvalue weighted by Crippen LogP contribution is -2.26. The molecule has 0 saturated heterocycles. The average Bonchev–Trinajstić information content (AvgIpc) is 3.09. The van der Waals surface area contributed by atoms with Crippen LogP contribution >= 0.6 is 0 Å². The molecule has 0 aliphatic carbocycles. The first kappa shape index (κ1) is 15.7. The summed E-state index contributed by atoms with van der Waals surface area (Å²) in [5, 5.41) is 21.7. The van der Waals surface area contributed by atoms with Crippen LogP contribution in [0.1, 0.15) is 29.5 Å². The molecule has 0 spiro atoms. The number of aromatic nitrogens is 4. The Kier molecular flexibility index (Phi) is 4.87. The molecule has 2 rings (SSSR count). The van der Waals surface area contributed by atoms with Gasteiger partial charge in [-0.2, -0.15) is 10.2 Å². The molecular formula is C13H18N6O3. The van der Waals surface area contributed by atoms with Crippen LogP contribution in [-0.2, 0) is 13.1 Å². The molecule has 0 atom stereocenters. The maximum Gasteiger partial charge on any atom is 0.320 e. The highest BCUT2D eigenvalue weighted by molar-refractivity contribution is 5.95. The van der Waals surface area contributed by atoms with Crippen molar-refractivity contribution in [2.45, 2.75) is 33.4 Å². The van der Waals surface area contributed by atoms with Crippen molar-refractivity contribution in [2.75, 3.05) is 6.54 Å². The maximum atomic E-state index is 12.0. The van der Waals surface area contributed by atoms with Gasteiger partial charge in [-0.15, -0.1) is 0 Å². The van der Waals surface area contributed by atoms with E-state index in [1.54, 1.807) is 13.1 Å². The molecule has 2 aromatic rings. The third-order valence-corrected chi connectivity index (χ3v) is 3.24. The first-order valence-electron chi connectivity index (χ1n) is 7.01. The summed E-state index contributed by atoms with van der Waals surface area (Å²) in [6.45, 7) is 5.28. The lowest BCUT2D eigenvalue weighted by molar-refractivity contribution is -0.385. The topological polar surface area (TPSA) is 108 Å². The summed E-state index contributed by atoms with van der Waals surface area (Å²) in [5.74, 6) is -0.531. The van der Waals surface area contributed by atoms with Crippen LogP contribution in [0.2, 0.25) is 0 Å². The molecule has 0 aliphatic heterocycles. The number of amides is 1. The van der Waals surface area contributed by atoms with Crippen LogP contribution < -0.4 is 5.32 Å². The van der Waals surface area contributed by atoms with Gasteiger partial charge in [0.15, 0.2) is 0 Å². The van der Waals surface area contributed by atoms with Gasteiger partial charge in [-0.3, -0.25) is 24.3 Å². The number of nitro groups is 1. The summed E-state index contributed by atoms with van der Waals surface area (Å²) < 4.78 is 3.21. The molecule has 9 nitrogen and oxygen atoms in total. The van der Waals surface area contributed by atoms with Gasteiger partial charge in [0.2, 0.25) is 5.69 Å². The number of rotatable bonds is 7.